The molecule has 1 aliphatic heterocycles. The summed E-state index contributed by atoms with van der Waals surface area (Å²) >= 11 is 0. The van der Waals surface area contributed by atoms with Crippen molar-refractivity contribution in [1.29, 1.82) is 0 Å². The Balaban J connectivity index is 1.69. The molecule has 2 rings (SSSR count). The molecule has 0 bridgehead atoms. The van der Waals surface area contributed by atoms with Gasteiger partial charge in [-0.05, 0) is 51.6 Å². The van der Waals surface area contributed by atoms with Crippen molar-refractivity contribution in [1.82, 2.24) is 10.2 Å². The fourth-order valence-corrected chi connectivity index (χ4v) is 3.70. The van der Waals surface area contributed by atoms with E-state index < -0.39 is 5.60 Å². The van der Waals surface area contributed by atoms with E-state index in [2.05, 4.69) is 24.1 Å². The molecule has 1 saturated heterocycles. The van der Waals surface area contributed by atoms with Crippen LogP contribution in [-0.2, 0) is 0 Å². The Labute approximate surface area is 125 Å². The number of piperidine rings is 1. The molecule has 0 spiro atoms. The van der Waals surface area contributed by atoms with Gasteiger partial charge in [0.25, 0.3) is 0 Å². The average molecular weight is 282 g/mol. The summed E-state index contributed by atoms with van der Waals surface area (Å²) in [6, 6.07) is 1.47. The van der Waals surface area contributed by atoms with Crippen LogP contribution in [0, 0.1) is 5.92 Å². The van der Waals surface area contributed by atoms with Crippen molar-refractivity contribution in [2.24, 2.45) is 5.92 Å². The lowest BCUT2D eigenvalue weighted by Gasteiger charge is -2.38. The predicted molar refractivity (Wildman–Crippen MR) is 84.9 cm³/mol. The predicted octanol–water partition coefficient (Wildman–Crippen LogP) is 2.78. The van der Waals surface area contributed by atoms with Crippen LogP contribution in [0.15, 0.2) is 0 Å². The topological polar surface area (TPSA) is 35.5 Å². The van der Waals surface area contributed by atoms with Gasteiger partial charge in [0.05, 0.1) is 5.60 Å². The van der Waals surface area contributed by atoms with Crippen LogP contribution in [0.5, 0.6) is 0 Å². The Hall–Kier alpha value is -0.120. The van der Waals surface area contributed by atoms with Crippen LogP contribution >= 0.6 is 0 Å². The fourth-order valence-electron chi connectivity index (χ4n) is 3.70. The summed E-state index contributed by atoms with van der Waals surface area (Å²) in [5, 5.41) is 14.1. The van der Waals surface area contributed by atoms with Gasteiger partial charge >= 0.3 is 0 Å². The third-order valence-electron chi connectivity index (χ3n) is 5.79. The molecule has 2 aliphatic rings. The highest BCUT2D eigenvalue weighted by atomic mass is 16.3. The van der Waals surface area contributed by atoms with E-state index in [1.54, 1.807) is 0 Å². The second-order valence-corrected chi connectivity index (χ2v) is 7.30. The molecular weight excluding hydrogens is 248 g/mol. The fraction of sp³-hybridized carbons (Fsp3) is 1.00. The smallest absolute Gasteiger partial charge is 0.0768 e. The van der Waals surface area contributed by atoms with Gasteiger partial charge in [-0.3, -0.25) is 0 Å². The van der Waals surface area contributed by atoms with Crippen LogP contribution in [0.2, 0.25) is 0 Å². The first-order chi connectivity index (χ1) is 9.53. The summed E-state index contributed by atoms with van der Waals surface area (Å²) in [5.41, 5.74) is -0.572. The average Bonchev–Trinajstić information content (AvgIpc) is 2.99. The second kappa shape index (κ2) is 7.24. The summed E-state index contributed by atoms with van der Waals surface area (Å²) in [6.07, 6.45) is 9.22. The Morgan fingerprint density at radius 1 is 1.20 bits per heavy atom. The lowest BCUT2D eigenvalue weighted by Crippen LogP contribution is -2.50. The minimum Gasteiger partial charge on any atom is -0.389 e. The Kier molecular flexibility index (Phi) is 5.88. The molecule has 0 amide bonds. The molecule has 2 fully saturated rings. The first-order valence-corrected chi connectivity index (χ1v) is 8.72. The van der Waals surface area contributed by atoms with Crippen LogP contribution in [0.4, 0.5) is 0 Å². The third-order valence-corrected chi connectivity index (χ3v) is 5.79. The maximum Gasteiger partial charge on any atom is 0.0768 e. The molecule has 1 heterocycles. The number of hydrogen-bond donors (Lipinski definition) is 2. The highest BCUT2D eigenvalue weighted by molar-refractivity contribution is 4.87. The normalized spacial score (nSPS) is 27.6. The van der Waals surface area contributed by atoms with E-state index in [4.69, 9.17) is 0 Å². The summed E-state index contributed by atoms with van der Waals surface area (Å²) in [7, 11) is 0. The van der Waals surface area contributed by atoms with E-state index >= 15 is 0 Å². The minimum absolute atomic E-state index is 0.355. The standard InChI is InChI=1S/C17H34N2O/c1-4-14(2)17(3,20)13-18-15-9-11-19(12-10-15)16-7-5-6-8-16/h14-16,18,20H,4-13H2,1-3H3. The summed E-state index contributed by atoms with van der Waals surface area (Å²) in [4.78, 5) is 2.71. The van der Waals surface area contributed by atoms with Crippen molar-refractivity contribution in [2.75, 3.05) is 19.6 Å². The van der Waals surface area contributed by atoms with E-state index in [9.17, 15) is 5.11 Å². The van der Waals surface area contributed by atoms with Crippen LogP contribution in [0.25, 0.3) is 0 Å². The lowest BCUT2D eigenvalue weighted by atomic mass is 9.88. The Morgan fingerprint density at radius 2 is 1.80 bits per heavy atom. The molecule has 2 atom stereocenters. The van der Waals surface area contributed by atoms with Gasteiger partial charge in [-0.1, -0.05) is 33.1 Å². The van der Waals surface area contributed by atoms with Crippen molar-refractivity contribution >= 4 is 0 Å². The molecule has 0 aromatic rings. The maximum absolute atomic E-state index is 10.5. The molecule has 0 aromatic carbocycles. The lowest BCUT2D eigenvalue weighted by molar-refractivity contribution is 0.000804. The van der Waals surface area contributed by atoms with E-state index in [-0.39, 0.29) is 0 Å². The van der Waals surface area contributed by atoms with Gasteiger partial charge in [0, 0.05) is 18.6 Å². The zero-order chi connectivity index (χ0) is 14.6. The Morgan fingerprint density at radius 3 is 2.35 bits per heavy atom. The van der Waals surface area contributed by atoms with Crippen molar-refractivity contribution in [3.05, 3.63) is 0 Å². The van der Waals surface area contributed by atoms with Crippen molar-refractivity contribution in [2.45, 2.75) is 83.4 Å². The molecular formula is C17H34N2O. The Bertz CT molecular complexity index is 279. The zero-order valence-electron chi connectivity index (χ0n) is 13.7. The van der Waals surface area contributed by atoms with Crippen molar-refractivity contribution in [3.8, 4) is 0 Å². The van der Waals surface area contributed by atoms with Crippen molar-refractivity contribution < 1.29 is 5.11 Å². The molecule has 1 saturated carbocycles. The van der Waals surface area contributed by atoms with Gasteiger partial charge < -0.3 is 15.3 Å². The zero-order valence-corrected chi connectivity index (χ0v) is 13.7. The molecule has 3 heteroatoms. The van der Waals surface area contributed by atoms with Crippen LogP contribution in [0.3, 0.4) is 0 Å². The van der Waals surface area contributed by atoms with Gasteiger partial charge in [0.1, 0.15) is 0 Å². The molecule has 3 nitrogen and oxygen atoms in total. The van der Waals surface area contributed by atoms with E-state index in [0.717, 1.165) is 19.0 Å². The van der Waals surface area contributed by atoms with E-state index in [0.29, 0.717) is 12.0 Å². The van der Waals surface area contributed by atoms with Gasteiger partial charge in [0.15, 0.2) is 0 Å². The summed E-state index contributed by atoms with van der Waals surface area (Å²) in [6.45, 7) is 9.49. The molecule has 0 radical (unpaired) electrons. The molecule has 2 unspecified atom stereocenters. The van der Waals surface area contributed by atoms with Crippen LogP contribution < -0.4 is 5.32 Å². The van der Waals surface area contributed by atoms with Crippen LogP contribution in [0.1, 0.15) is 65.7 Å². The molecule has 20 heavy (non-hydrogen) atoms. The molecule has 1 aliphatic carbocycles. The van der Waals surface area contributed by atoms with Crippen molar-refractivity contribution in [3.63, 3.8) is 0 Å². The number of hydrogen-bond acceptors (Lipinski definition) is 3. The highest BCUT2D eigenvalue weighted by Gasteiger charge is 2.30. The maximum atomic E-state index is 10.5. The van der Waals surface area contributed by atoms with Gasteiger partial charge in [-0.15, -0.1) is 0 Å². The SMILES string of the molecule is CCC(C)C(C)(O)CNC1CCN(C2CCCC2)CC1. The summed E-state index contributed by atoms with van der Waals surface area (Å²) in [5.74, 6) is 0.355. The minimum atomic E-state index is -0.572. The van der Waals surface area contributed by atoms with E-state index in [1.165, 1.54) is 51.6 Å². The van der Waals surface area contributed by atoms with Gasteiger partial charge in [0.2, 0.25) is 0 Å². The van der Waals surface area contributed by atoms with Gasteiger partial charge in [-0.2, -0.15) is 0 Å². The second-order valence-electron chi connectivity index (χ2n) is 7.30. The largest absolute Gasteiger partial charge is 0.389 e. The first kappa shape index (κ1) is 16.3. The number of nitrogens with one attached hydrogen (secondary N) is 1. The quantitative estimate of drug-likeness (QED) is 0.786. The first-order valence-electron chi connectivity index (χ1n) is 8.72. The third kappa shape index (κ3) is 4.19. The number of nitrogens with zero attached hydrogens (tertiary/aromatic N) is 1. The highest BCUT2D eigenvalue weighted by Crippen LogP contribution is 2.26. The monoisotopic (exact) mass is 282 g/mol. The summed E-state index contributed by atoms with van der Waals surface area (Å²) < 4.78 is 0. The number of aliphatic hydroxyl groups is 1. The molecule has 2 N–H and O–H groups in total. The molecule has 0 aromatic heterocycles. The molecule has 118 valence electrons. The van der Waals surface area contributed by atoms with Crippen LogP contribution in [-0.4, -0.2) is 47.3 Å². The number of rotatable bonds is 6. The van der Waals surface area contributed by atoms with Gasteiger partial charge in [-0.25, -0.2) is 0 Å². The number of likely N-dealkylation sites (tertiary alicyclic amines) is 1. The van der Waals surface area contributed by atoms with E-state index in [1.807, 2.05) is 6.92 Å².